The van der Waals surface area contributed by atoms with Gasteiger partial charge in [0.05, 0.1) is 8.80 Å². The van der Waals surface area contributed by atoms with Crippen molar-refractivity contribution < 1.29 is 0 Å². The zero-order chi connectivity index (χ0) is 11.3. The van der Waals surface area contributed by atoms with Gasteiger partial charge in [0.25, 0.3) is 0 Å². The van der Waals surface area contributed by atoms with Crippen LogP contribution in [0.5, 0.6) is 0 Å². The van der Waals surface area contributed by atoms with Crippen molar-refractivity contribution in [2.75, 3.05) is 0 Å². The standard InChI is InChI=1S/C13H22Si2/c1-5-6-11(2)14-12-7-9-13(10-8-12)15(3)4/h7-10,14-15H,5-6H2,1-4H3/b14-11-. The maximum Gasteiger partial charge on any atom is 0.0647 e. The molecule has 0 N–H and O–H groups in total. The lowest BCUT2D eigenvalue weighted by Crippen LogP contribution is -2.25. The Labute approximate surface area is 97.8 Å². The smallest absolute Gasteiger partial charge is 0.0647 e. The van der Waals surface area contributed by atoms with Gasteiger partial charge in [-0.2, -0.15) is 0 Å². The van der Waals surface area contributed by atoms with Gasteiger partial charge in [-0.15, -0.1) is 0 Å². The van der Waals surface area contributed by atoms with Crippen LogP contribution in [0.25, 0.3) is 0 Å². The molecule has 0 aliphatic heterocycles. The van der Waals surface area contributed by atoms with E-state index in [2.05, 4.69) is 51.2 Å². The molecule has 1 aromatic rings. The van der Waals surface area contributed by atoms with Crippen LogP contribution in [0.15, 0.2) is 24.3 Å². The number of benzene rings is 1. The maximum absolute atomic E-state index is 2.39. The third kappa shape index (κ3) is 4.26. The van der Waals surface area contributed by atoms with Crippen molar-refractivity contribution in [3.63, 3.8) is 0 Å². The molecule has 82 valence electrons. The molecule has 0 fully saturated rings. The van der Waals surface area contributed by atoms with E-state index in [4.69, 9.17) is 0 Å². The Bertz CT molecular complexity index is 323. The Balaban J connectivity index is 2.76. The topological polar surface area (TPSA) is 0 Å². The fourth-order valence-electron chi connectivity index (χ4n) is 1.73. The highest BCUT2D eigenvalue weighted by molar-refractivity contribution is 6.71. The minimum atomic E-state index is -0.596. The SMILES string of the molecule is CCC/C(C)=[SiH]\c1ccc([SiH](C)C)cc1. The zero-order valence-corrected chi connectivity index (χ0v) is 12.7. The molecule has 0 heterocycles. The molecule has 2 heteroatoms. The van der Waals surface area contributed by atoms with E-state index in [-0.39, 0.29) is 0 Å². The summed E-state index contributed by atoms with van der Waals surface area (Å²) < 4.78 is 0. The summed E-state index contributed by atoms with van der Waals surface area (Å²) in [5, 5.41) is 4.83. The summed E-state index contributed by atoms with van der Waals surface area (Å²) in [6.45, 7) is 9.34. The molecule has 0 saturated carbocycles. The monoisotopic (exact) mass is 234 g/mol. The van der Waals surface area contributed by atoms with Gasteiger partial charge in [0.15, 0.2) is 0 Å². The van der Waals surface area contributed by atoms with E-state index in [0.29, 0.717) is 9.13 Å². The largest absolute Gasteiger partial charge is 0.0908 e. The van der Waals surface area contributed by atoms with Crippen LogP contribution in [0.3, 0.4) is 0 Å². The van der Waals surface area contributed by atoms with Crippen molar-refractivity contribution in [3.05, 3.63) is 24.3 Å². The first-order chi connectivity index (χ1) is 7.13. The second-order valence-corrected chi connectivity index (χ2v) is 9.48. The minimum Gasteiger partial charge on any atom is -0.0908 e. The van der Waals surface area contributed by atoms with E-state index < -0.39 is 8.80 Å². The Morgan fingerprint density at radius 3 is 2.27 bits per heavy atom. The number of hydrogen-bond donors (Lipinski definition) is 0. The van der Waals surface area contributed by atoms with Crippen LogP contribution in [0, 0.1) is 0 Å². The Morgan fingerprint density at radius 2 is 1.80 bits per heavy atom. The molecule has 0 aliphatic rings. The molecule has 1 aromatic carbocycles. The molecule has 0 aliphatic carbocycles. The molecule has 15 heavy (non-hydrogen) atoms. The molecular weight excluding hydrogens is 212 g/mol. The van der Waals surface area contributed by atoms with E-state index in [1.807, 2.05) is 0 Å². The molecule has 0 spiro atoms. The molecule has 0 bridgehead atoms. The predicted octanol–water partition coefficient (Wildman–Crippen LogP) is 1.43. The predicted molar refractivity (Wildman–Crippen MR) is 77.3 cm³/mol. The summed E-state index contributed by atoms with van der Waals surface area (Å²) >= 11 is 0. The number of rotatable bonds is 4. The zero-order valence-electron chi connectivity index (χ0n) is 10.4. The lowest BCUT2D eigenvalue weighted by Gasteiger charge is -2.04. The average Bonchev–Trinajstić information content (AvgIpc) is 2.18. The van der Waals surface area contributed by atoms with Gasteiger partial charge >= 0.3 is 0 Å². The first-order valence-electron chi connectivity index (χ1n) is 5.90. The van der Waals surface area contributed by atoms with Crippen LogP contribution in [0.4, 0.5) is 0 Å². The molecule has 0 saturated heterocycles. The summed E-state index contributed by atoms with van der Waals surface area (Å²) in [6, 6.07) is 9.38. The van der Waals surface area contributed by atoms with Crippen molar-refractivity contribution in [2.24, 2.45) is 0 Å². The summed E-state index contributed by atoms with van der Waals surface area (Å²) in [5.74, 6) is 0. The third-order valence-electron chi connectivity index (χ3n) is 2.66. The fraction of sp³-hybridized carbons (Fsp3) is 0.462. The average molecular weight is 234 g/mol. The van der Waals surface area contributed by atoms with Crippen molar-refractivity contribution in [3.8, 4) is 0 Å². The third-order valence-corrected chi connectivity index (χ3v) is 5.88. The van der Waals surface area contributed by atoms with E-state index in [9.17, 15) is 0 Å². The molecule has 1 rings (SSSR count). The van der Waals surface area contributed by atoms with Gasteiger partial charge in [-0.25, -0.2) is 0 Å². The van der Waals surface area contributed by atoms with Crippen LogP contribution in [0.1, 0.15) is 26.7 Å². The van der Waals surface area contributed by atoms with Crippen LogP contribution < -0.4 is 10.4 Å². The molecule has 0 atom stereocenters. The highest BCUT2D eigenvalue weighted by atomic mass is 28.3. The fourth-order valence-corrected chi connectivity index (χ4v) is 4.08. The van der Waals surface area contributed by atoms with Gasteiger partial charge in [0.1, 0.15) is 0 Å². The van der Waals surface area contributed by atoms with Crippen LogP contribution in [-0.2, 0) is 0 Å². The van der Waals surface area contributed by atoms with E-state index in [1.165, 1.54) is 12.8 Å². The summed E-state index contributed by atoms with van der Waals surface area (Å²) in [4.78, 5) is 0. The van der Waals surface area contributed by atoms with E-state index in [0.717, 1.165) is 0 Å². The molecule has 0 amide bonds. The lowest BCUT2D eigenvalue weighted by molar-refractivity contribution is 1.00. The molecule has 0 nitrogen and oxygen atoms in total. The van der Waals surface area contributed by atoms with Gasteiger partial charge < -0.3 is 0 Å². The number of hydrogen-bond acceptors (Lipinski definition) is 0. The van der Waals surface area contributed by atoms with Gasteiger partial charge in [0.2, 0.25) is 0 Å². The van der Waals surface area contributed by atoms with Crippen molar-refractivity contribution in [2.45, 2.75) is 39.8 Å². The lowest BCUT2D eigenvalue weighted by atomic mass is 10.3. The van der Waals surface area contributed by atoms with Crippen molar-refractivity contribution >= 4 is 33.5 Å². The van der Waals surface area contributed by atoms with Gasteiger partial charge in [0, 0.05) is 9.13 Å². The highest BCUT2D eigenvalue weighted by Gasteiger charge is 1.99. The first kappa shape index (κ1) is 12.6. The first-order valence-corrected chi connectivity index (χ1v) is 9.94. The summed E-state index contributed by atoms with van der Waals surface area (Å²) in [6.07, 6.45) is 2.59. The van der Waals surface area contributed by atoms with Gasteiger partial charge in [-0.1, -0.05) is 61.1 Å². The van der Waals surface area contributed by atoms with E-state index >= 15 is 0 Å². The van der Waals surface area contributed by atoms with Crippen molar-refractivity contribution in [1.82, 2.24) is 0 Å². The van der Waals surface area contributed by atoms with Crippen LogP contribution in [0.2, 0.25) is 13.1 Å². The normalized spacial score (nSPS) is 12.2. The Morgan fingerprint density at radius 1 is 1.20 bits per heavy atom. The second-order valence-electron chi connectivity index (χ2n) is 4.56. The summed E-state index contributed by atoms with van der Waals surface area (Å²) in [5.41, 5.74) is 0. The van der Waals surface area contributed by atoms with Gasteiger partial charge in [-0.05, 0) is 18.5 Å². The highest BCUT2D eigenvalue weighted by Crippen LogP contribution is 1.89. The molecule has 0 radical (unpaired) electrons. The second kappa shape index (κ2) is 6.18. The van der Waals surface area contributed by atoms with Crippen LogP contribution >= 0.6 is 0 Å². The minimum absolute atomic E-state index is 0.400. The quantitative estimate of drug-likeness (QED) is 0.692. The maximum atomic E-state index is 2.39. The Hall–Kier alpha value is -0.476. The molecular formula is C13H22Si2. The van der Waals surface area contributed by atoms with E-state index in [1.54, 1.807) is 15.5 Å². The van der Waals surface area contributed by atoms with Crippen LogP contribution in [-0.4, -0.2) is 23.1 Å². The summed E-state index contributed by atoms with van der Waals surface area (Å²) in [7, 11) is -0.196. The molecule has 0 aromatic heterocycles. The van der Waals surface area contributed by atoms with Gasteiger partial charge in [-0.3, -0.25) is 0 Å². The van der Waals surface area contributed by atoms with Crippen molar-refractivity contribution in [1.29, 1.82) is 0 Å². The Kier molecular flexibility index (Phi) is 5.19. The molecule has 0 unspecified atom stereocenters.